The zero-order valence-corrected chi connectivity index (χ0v) is 19.2. The first-order chi connectivity index (χ1) is 18.0. The van der Waals surface area contributed by atoms with Crippen LogP contribution < -0.4 is 10.6 Å². The van der Waals surface area contributed by atoms with Gasteiger partial charge in [0.2, 0.25) is 0 Å². The molecule has 0 saturated carbocycles. The maximum atomic E-state index is 13.7. The number of aromatic nitrogens is 3. The molecular weight excluding hydrogens is 506 g/mol. The molecule has 3 heterocycles. The fraction of sp³-hybridized carbons (Fsp3) is 0.115. The highest BCUT2D eigenvalue weighted by Gasteiger charge is 2.48. The van der Waals surface area contributed by atoms with E-state index in [1.54, 1.807) is 0 Å². The number of imidazole rings is 1. The van der Waals surface area contributed by atoms with Crippen LogP contribution in [0.15, 0.2) is 67.1 Å². The molecule has 0 radical (unpaired) electrons. The molecule has 3 aromatic carbocycles. The summed E-state index contributed by atoms with van der Waals surface area (Å²) in [6.45, 7) is -0.237. The molecule has 4 N–H and O–H groups in total. The molecule has 8 nitrogen and oxygen atoms in total. The second-order valence-electron chi connectivity index (χ2n) is 9.02. The lowest BCUT2D eigenvalue weighted by Crippen LogP contribution is -2.47. The first-order valence-electron chi connectivity index (χ1n) is 11.3. The van der Waals surface area contributed by atoms with Crippen LogP contribution in [0.1, 0.15) is 11.1 Å². The standard InChI is InChI=1S/C26H17F4N5O3/c27-17-6-3-14-10-35(22(36)19(14)9-17)11-25(23(37)33-24(38)34-25)15-4-1-13(2-5-15)18-7-16(26(28,29)30)8-20-21(18)32-12-31-20/h1-10,12,36H,11H2,(H,31,32)(H2,33,34,37,38)/t25-/m0/s1. The summed E-state index contributed by atoms with van der Waals surface area (Å²) < 4.78 is 55.5. The van der Waals surface area contributed by atoms with E-state index in [1.807, 2.05) is 0 Å². The number of nitrogens with zero attached hydrogens (tertiary/aromatic N) is 2. The molecule has 1 fully saturated rings. The molecule has 0 aliphatic carbocycles. The lowest BCUT2D eigenvalue weighted by Gasteiger charge is -2.27. The number of carbonyl (C=O) groups is 2. The monoisotopic (exact) mass is 523 g/mol. The summed E-state index contributed by atoms with van der Waals surface area (Å²) >= 11 is 0. The minimum atomic E-state index is -4.57. The van der Waals surface area contributed by atoms with Gasteiger partial charge in [0, 0.05) is 22.5 Å². The van der Waals surface area contributed by atoms with E-state index in [0.717, 1.165) is 18.2 Å². The van der Waals surface area contributed by atoms with Crippen LogP contribution in [0.5, 0.6) is 5.88 Å². The summed E-state index contributed by atoms with van der Waals surface area (Å²) in [6, 6.07) is 11.2. The van der Waals surface area contributed by atoms with Crippen LogP contribution in [-0.2, 0) is 23.1 Å². The lowest BCUT2D eigenvalue weighted by atomic mass is 9.88. The highest BCUT2D eigenvalue weighted by Crippen LogP contribution is 2.38. The molecular formula is C26H17F4N5O3. The van der Waals surface area contributed by atoms with Crippen LogP contribution in [-0.4, -0.2) is 31.6 Å². The van der Waals surface area contributed by atoms with E-state index in [9.17, 15) is 32.3 Å². The fourth-order valence-electron chi connectivity index (χ4n) is 4.86. The van der Waals surface area contributed by atoms with Crippen LogP contribution in [0.25, 0.3) is 32.9 Å². The van der Waals surface area contributed by atoms with Gasteiger partial charge in [-0.05, 0) is 41.5 Å². The number of halogens is 4. The highest BCUT2D eigenvalue weighted by molar-refractivity contribution is 6.07. The molecule has 1 atom stereocenters. The molecule has 0 spiro atoms. The van der Waals surface area contributed by atoms with Gasteiger partial charge in [-0.1, -0.05) is 24.3 Å². The van der Waals surface area contributed by atoms with Crippen LogP contribution >= 0.6 is 0 Å². The summed E-state index contributed by atoms with van der Waals surface area (Å²) in [6.07, 6.45) is -1.75. The summed E-state index contributed by atoms with van der Waals surface area (Å²) in [5.41, 5.74) is -1.00. The van der Waals surface area contributed by atoms with Gasteiger partial charge < -0.3 is 20.0 Å². The van der Waals surface area contributed by atoms with Gasteiger partial charge in [0.1, 0.15) is 5.82 Å². The van der Waals surface area contributed by atoms with Crippen molar-refractivity contribution in [2.75, 3.05) is 0 Å². The average molecular weight is 523 g/mol. The van der Waals surface area contributed by atoms with E-state index in [0.29, 0.717) is 22.0 Å². The molecule has 38 heavy (non-hydrogen) atoms. The Morgan fingerprint density at radius 3 is 2.47 bits per heavy atom. The average Bonchev–Trinajstić information content (AvgIpc) is 3.55. The SMILES string of the molecule is O=C1NC(=O)[C@](Cn2cc3ccc(F)cc3c2O)(c2ccc(-c3cc(C(F)(F)F)cc4[nH]cnc34)cc2)N1. The van der Waals surface area contributed by atoms with Gasteiger partial charge in [-0.2, -0.15) is 13.2 Å². The summed E-state index contributed by atoms with van der Waals surface area (Å²) in [4.78, 5) is 32.1. The Morgan fingerprint density at radius 2 is 1.79 bits per heavy atom. The van der Waals surface area contributed by atoms with E-state index < -0.39 is 35.0 Å². The molecule has 3 amide bonds. The Kier molecular flexibility index (Phi) is 4.99. The van der Waals surface area contributed by atoms with Gasteiger partial charge in [0.05, 0.1) is 29.5 Å². The van der Waals surface area contributed by atoms with Gasteiger partial charge in [0.15, 0.2) is 11.4 Å². The molecule has 192 valence electrons. The maximum absolute atomic E-state index is 13.7. The number of urea groups is 1. The number of rotatable bonds is 4. The number of hydrogen-bond donors (Lipinski definition) is 4. The van der Waals surface area contributed by atoms with Crippen molar-refractivity contribution in [1.29, 1.82) is 0 Å². The number of amides is 3. The van der Waals surface area contributed by atoms with Crippen molar-refractivity contribution in [3.8, 4) is 17.0 Å². The van der Waals surface area contributed by atoms with Crippen molar-refractivity contribution in [3.63, 3.8) is 0 Å². The smallest absolute Gasteiger partial charge is 0.416 e. The number of H-pyrrole nitrogens is 1. The first kappa shape index (κ1) is 23.5. The van der Waals surface area contributed by atoms with E-state index >= 15 is 0 Å². The third-order valence-electron chi connectivity index (χ3n) is 6.71. The zero-order chi connectivity index (χ0) is 26.8. The molecule has 0 unspecified atom stereocenters. The Balaban J connectivity index is 1.44. The largest absolute Gasteiger partial charge is 0.494 e. The molecule has 1 aliphatic heterocycles. The van der Waals surface area contributed by atoms with Crippen molar-refractivity contribution < 1.29 is 32.3 Å². The lowest BCUT2D eigenvalue weighted by molar-refractivity contribution is -0.137. The Bertz CT molecular complexity index is 1760. The number of imide groups is 1. The third kappa shape index (κ3) is 3.64. The van der Waals surface area contributed by atoms with Crippen LogP contribution in [0.2, 0.25) is 0 Å². The van der Waals surface area contributed by atoms with Crippen molar-refractivity contribution in [2.24, 2.45) is 0 Å². The number of aromatic hydroxyl groups is 1. The number of aromatic amines is 1. The molecule has 0 bridgehead atoms. The Labute approximate surface area is 210 Å². The molecule has 12 heteroatoms. The summed E-state index contributed by atoms with van der Waals surface area (Å²) in [7, 11) is 0. The molecule has 1 aliphatic rings. The second kappa shape index (κ2) is 8.07. The predicted octanol–water partition coefficient (Wildman–Crippen LogP) is 4.78. The molecule has 5 aromatic rings. The Hall–Kier alpha value is -4.87. The van der Waals surface area contributed by atoms with E-state index in [2.05, 4.69) is 20.6 Å². The number of hydrogen-bond acceptors (Lipinski definition) is 4. The minimum Gasteiger partial charge on any atom is -0.494 e. The van der Waals surface area contributed by atoms with Gasteiger partial charge in [-0.3, -0.25) is 10.1 Å². The van der Waals surface area contributed by atoms with E-state index in [1.165, 1.54) is 53.5 Å². The van der Waals surface area contributed by atoms with Gasteiger partial charge in [-0.15, -0.1) is 0 Å². The predicted molar refractivity (Wildman–Crippen MR) is 128 cm³/mol. The zero-order valence-electron chi connectivity index (χ0n) is 19.2. The number of fused-ring (bicyclic) bond motifs is 2. The maximum Gasteiger partial charge on any atom is 0.416 e. The molecule has 2 aromatic heterocycles. The first-order valence-corrected chi connectivity index (χ1v) is 11.3. The fourth-order valence-corrected chi connectivity index (χ4v) is 4.86. The van der Waals surface area contributed by atoms with E-state index in [-0.39, 0.29) is 28.9 Å². The van der Waals surface area contributed by atoms with Crippen molar-refractivity contribution in [1.82, 2.24) is 25.2 Å². The molecule has 6 rings (SSSR count). The van der Waals surface area contributed by atoms with E-state index in [4.69, 9.17) is 0 Å². The van der Waals surface area contributed by atoms with Gasteiger partial charge >= 0.3 is 12.2 Å². The number of alkyl halides is 3. The van der Waals surface area contributed by atoms with Gasteiger partial charge in [-0.25, -0.2) is 14.2 Å². The Morgan fingerprint density at radius 1 is 1.03 bits per heavy atom. The summed E-state index contributed by atoms with van der Waals surface area (Å²) in [5, 5.41) is 16.3. The number of nitrogens with one attached hydrogen (secondary N) is 3. The summed E-state index contributed by atoms with van der Waals surface area (Å²) in [5.74, 6) is -1.54. The quantitative estimate of drug-likeness (QED) is 0.201. The van der Waals surface area contributed by atoms with Crippen molar-refractivity contribution in [3.05, 3.63) is 84.1 Å². The van der Waals surface area contributed by atoms with Crippen molar-refractivity contribution >= 4 is 33.7 Å². The van der Waals surface area contributed by atoms with Crippen LogP contribution in [0.3, 0.4) is 0 Å². The molecule has 1 saturated heterocycles. The number of carbonyl (C=O) groups excluding carboxylic acids is 2. The van der Waals surface area contributed by atoms with Crippen LogP contribution in [0.4, 0.5) is 22.4 Å². The minimum absolute atomic E-state index is 0.212. The third-order valence-corrected chi connectivity index (χ3v) is 6.71. The van der Waals surface area contributed by atoms with Crippen molar-refractivity contribution in [2.45, 2.75) is 18.3 Å². The second-order valence-corrected chi connectivity index (χ2v) is 9.02. The topological polar surface area (TPSA) is 112 Å². The van der Waals surface area contributed by atoms with Crippen LogP contribution in [0, 0.1) is 5.82 Å². The normalized spacial score (nSPS) is 17.8. The highest BCUT2D eigenvalue weighted by atomic mass is 19.4. The van der Waals surface area contributed by atoms with Gasteiger partial charge in [0.25, 0.3) is 5.91 Å². The number of benzene rings is 3.